The first-order valence-corrected chi connectivity index (χ1v) is 9.24. The standard InChI is InChI=1S/C16H26BrNS/c1-13(2)18-11-10-16(7-3-4-8-16)9-5-15-14(17)6-12-19-15/h6,12-13,18H,3-5,7-11H2,1-2H3. The molecule has 2 rings (SSSR count). The number of rotatable bonds is 7. The lowest BCUT2D eigenvalue weighted by Crippen LogP contribution is -2.29. The third kappa shape index (κ3) is 4.57. The quantitative estimate of drug-likeness (QED) is 0.699. The van der Waals surface area contributed by atoms with Crippen LogP contribution in [0, 0.1) is 5.41 Å². The third-order valence-corrected chi connectivity index (χ3v) is 6.43. The van der Waals surface area contributed by atoms with Gasteiger partial charge in [0.15, 0.2) is 0 Å². The number of hydrogen-bond acceptors (Lipinski definition) is 2. The minimum atomic E-state index is 0.616. The van der Waals surface area contributed by atoms with Crippen molar-refractivity contribution in [1.29, 1.82) is 0 Å². The molecule has 1 aromatic rings. The number of thiophene rings is 1. The molecule has 1 saturated carbocycles. The zero-order chi connectivity index (χ0) is 13.7. The maximum Gasteiger partial charge on any atom is 0.0314 e. The van der Waals surface area contributed by atoms with Crippen molar-refractivity contribution in [3.8, 4) is 0 Å². The van der Waals surface area contributed by atoms with Gasteiger partial charge in [0.05, 0.1) is 0 Å². The Kier molecular flexibility index (Phi) is 5.91. The van der Waals surface area contributed by atoms with E-state index in [1.807, 2.05) is 11.3 Å². The van der Waals surface area contributed by atoms with Crippen molar-refractivity contribution in [3.05, 3.63) is 20.8 Å². The smallest absolute Gasteiger partial charge is 0.0314 e. The fourth-order valence-corrected chi connectivity index (χ4v) is 4.81. The van der Waals surface area contributed by atoms with Crippen LogP contribution in [0.3, 0.4) is 0 Å². The minimum absolute atomic E-state index is 0.616. The van der Waals surface area contributed by atoms with Crippen molar-refractivity contribution < 1.29 is 0 Å². The molecule has 19 heavy (non-hydrogen) atoms. The number of aryl methyl sites for hydroxylation is 1. The normalized spacial score (nSPS) is 18.3. The number of halogens is 1. The van der Waals surface area contributed by atoms with Crippen LogP contribution in [-0.2, 0) is 6.42 Å². The third-order valence-electron chi connectivity index (χ3n) is 4.45. The molecule has 1 aliphatic carbocycles. The van der Waals surface area contributed by atoms with Crippen LogP contribution in [0.4, 0.5) is 0 Å². The Hall–Kier alpha value is 0.140. The minimum Gasteiger partial charge on any atom is -0.315 e. The molecule has 0 saturated heterocycles. The van der Waals surface area contributed by atoms with Gasteiger partial charge in [0.25, 0.3) is 0 Å². The van der Waals surface area contributed by atoms with E-state index in [0.29, 0.717) is 11.5 Å². The highest BCUT2D eigenvalue weighted by Gasteiger charge is 2.33. The molecular formula is C16H26BrNS. The monoisotopic (exact) mass is 343 g/mol. The molecule has 0 spiro atoms. The maximum atomic E-state index is 3.66. The fourth-order valence-electron chi connectivity index (χ4n) is 3.26. The molecule has 0 amide bonds. The van der Waals surface area contributed by atoms with Crippen molar-refractivity contribution in [3.63, 3.8) is 0 Å². The van der Waals surface area contributed by atoms with Crippen LogP contribution in [0.1, 0.15) is 57.2 Å². The average Bonchev–Trinajstić information content (AvgIpc) is 2.96. The Morgan fingerprint density at radius 3 is 2.63 bits per heavy atom. The van der Waals surface area contributed by atoms with Crippen LogP contribution in [0.5, 0.6) is 0 Å². The Labute approximate surface area is 130 Å². The van der Waals surface area contributed by atoms with E-state index in [4.69, 9.17) is 0 Å². The van der Waals surface area contributed by atoms with Crippen LogP contribution < -0.4 is 5.32 Å². The van der Waals surface area contributed by atoms with E-state index in [1.54, 1.807) is 0 Å². The van der Waals surface area contributed by atoms with Crippen molar-refractivity contribution in [2.24, 2.45) is 5.41 Å². The predicted octanol–water partition coefficient (Wildman–Crippen LogP) is 5.39. The van der Waals surface area contributed by atoms with E-state index in [9.17, 15) is 0 Å². The largest absolute Gasteiger partial charge is 0.315 e. The molecule has 0 radical (unpaired) electrons. The fraction of sp³-hybridized carbons (Fsp3) is 0.750. The molecule has 0 unspecified atom stereocenters. The lowest BCUT2D eigenvalue weighted by molar-refractivity contribution is 0.243. The van der Waals surface area contributed by atoms with Crippen LogP contribution in [0.25, 0.3) is 0 Å². The second-order valence-corrected chi connectivity index (χ2v) is 8.11. The van der Waals surface area contributed by atoms with Gasteiger partial charge in [-0.3, -0.25) is 0 Å². The summed E-state index contributed by atoms with van der Waals surface area (Å²) in [5, 5.41) is 5.79. The zero-order valence-electron chi connectivity index (χ0n) is 12.2. The molecule has 0 aliphatic heterocycles. The summed E-state index contributed by atoms with van der Waals surface area (Å²) in [6.45, 7) is 5.66. The van der Waals surface area contributed by atoms with Gasteiger partial charge in [-0.1, -0.05) is 26.7 Å². The first-order valence-electron chi connectivity index (χ1n) is 7.57. The molecule has 1 aromatic heterocycles. The highest BCUT2D eigenvalue weighted by atomic mass is 79.9. The Bertz CT molecular complexity index is 380. The van der Waals surface area contributed by atoms with Gasteiger partial charge in [-0.25, -0.2) is 0 Å². The van der Waals surface area contributed by atoms with E-state index in [1.165, 1.54) is 60.8 Å². The second-order valence-electron chi connectivity index (χ2n) is 6.26. The van der Waals surface area contributed by atoms with E-state index in [0.717, 1.165) is 0 Å². The molecular weight excluding hydrogens is 318 g/mol. The SMILES string of the molecule is CC(C)NCCC1(CCc2sccc2Br)CCCC1. The summed E-state index contributed by atoms with van der Waals surface area (Å²) in [7, 11) is 0. The average molecular weight is 344 g/mol. The molecule has 0 bridgehead atoms. The molecule has 1 N–H and O–H groups in total. The van der Waals surface area contributed by atoms with Crippen LogP contribution in [0.2, 0.25) is 0 Å². The summed E-state index contributed by atoms with van der Waals surface area (Å²) in [6, 6.07) is 2.80. The summed E-state index contributed by atoms with van der Waals surface area (Å²) in [5.74, 6) is 0. The highest BCUT2D eigenvalue weighted by molar-refractivity contribution is 9.10. The molecule has 1 aliphatic rings. The zero-order valence-corrected chi connectivity index (χ0v) is 14.6. The van der Waals surface area contributed by atoms with Crippen molar-refractivity contribution in [1.82, 2.24) is 5.32 Å². The lowest BCUT2D eigenvalue weighted by Gasteiger charge is -2.29. The van der Waals surface area contributed by atoms with E-state index >= 15 is 0 Å². The van der Waals surface area contributed by atoms with Gasteiger partial charge < -0.3 is 5.32 Å². The van der Waals surface area contributed by atoms with Gasteiger partial charge in [-0.15, -0.1) is 11.3 Å². The molecule has 0 aromatic carbocycles. The first-order chi connectivity index (χ1) is 9.11. The number of nitrogens with one attached hydrogen (secondary N) is 1. The summed E-state index contributed by atoms with van der Waals surface area (Å²) in [6.07, 6.45) is 9.73. The summed E-state index contributed by atoms with van der Waals surface area (Å²) in [4.78, 5) is 1.53. The van der Waals surface area contributed by atoms with Crippen molar-refractivity contribution in [2.45, 2.75) is 64.8 Å². The van der Waals surface area contributed by atoms with Crippen LogP contribution in [-0.4, -0.2) is 12.6 Å². The first kappa shape index (κ1) is 15.5. The Morgan fingerprint density at radius 1 is 1.32 bits per heavy atom. The van der Waals surface area contributed by atoms with Crippen molar-refractivity contribution >= 4 is 27.3 Å². The van der Waals surface area contributed by atoms with Crippen molar-refractivity contribution in [2.75, 3.05) is 6.54 Å². The maximum absolute atomic E-state index is 3.66. The molecule has 1 fully saturated rings. The molecule has 1 heterocycles. The second kappa shape index (κ2) is 7.24. The van der Waals surface area contributed by atoms with Crippen LogP contribution in [0.15, 0.2) is 15.9 Å². The predicted molar refractivity (Wildman–Crippen MR) is 89.0 cm³/mol. The molecule has 3 heteroatoms. The topological polar surface area (TPSA) is 12.0 Å². The van der Waals surface area contributed by atoms with E-state index in [2.05, 4.69) is 46.5 Å². The van der Waals surface area contributed by atoms with Gasteiger partial charge in [0.2, 0.25) is 0 Å². The molecule has 108 valence electrons. The molecule has 1 nitrogen and oxygen atoms in total. The summed E-state index contributed by atoms with van der Waals surface area (Å²) in [5.41, 5.74) is 0.616. The van der Waals surface area contributed by atoms with Gasteiger partial charge in [-0.2, -0.15) is 0 Å². The lowest BCUT2D eigenvalue weighted by atomic mass is 9.78. The van der Waals surface area contributed by atoms with E-state index in [-0.39, 0.29) is 0 Å². The Balaban J connectivity index is 1.86. The van der Waals surface area contributed by atoms with Crippen LogP contribution >= 0.6 is 27.3 Å². The van der Waals surface area contributed by atoms with Gasteiger partial charge >= 0.3 is 0 Å². The van der Waals surface area contributed by atoms with E-state index < -0.39 is 0 Å². The number of hydrogen-bond donors (Lipinski definition) is 1. The van der Waals surface area contributed by atoms with Gasteiger partial charge in [-0.05, 0) is 71.4 Å². The Morgan fingerprint density at radius 2 is 2.05 bits per heavy atom. The summed E-state index contributed by atoms with van der Waals surface area (Å²) >= 11 is 5.56. The van der Waals surface area contributed by atoms with Gasteiger partial charge in [0, 0.05) is 15.4 Å². The summed E-state index contributed by atoms with van der Waals surface area (Å²) < 4.78 is 1.31. The highest BCUT2D eigenvalue weighted by Crippen LogP contribution is 2.45. The van der Waals surface area contributed by atoms with Gasteiger partial charge in [0.1, 0.15) is 0 Å². The molecule has 0 atom stereocenters.